The number of hydrogen-bond acceptors (Lipinski definition) is 3. The number of aliphatic carboxylic acids is 1. The second-order valence-corrected chi connectivity index (χ2v) is 7.87. The predicted octanol–water partition coefficient (Wildman–Crippen LogP) is 6.17. The summed E-state index contributed by atoms with van der Waals surface area (Å²) in [6.45, 7) is 5.43. The Balaban J connectivity index is 1.98. The average molecular weight is 429 g/mol. The van der Waals surface area contributed by atoms with Crippen LogP contribution in [0.2, 0.25) is 0 Å². The summed E-state index contributed by atoms with van der Waals surface area (Å²) in [6, 6.07) is 22.2. The number of carboxylic acid groups (broad SMARTS) is 1. The molecule has 3 aromatic carbocycles. The molecule has 0 radical (unpaired) electrons. The number of anilines is 1. The van der Waals surface area contributed by atoms with Crippen molar-refractivity contribution in [1.29, 1.82) is 0 Å². The molecule has 0 aliphatic rings. The van der Waals surface area contributed by atoms with Gasteiger partial charge >= 0.3 is 5.97 Å². The third-order valence-corrected chi connectivity index (χ3v) is 5.24. The van der Waals surface area contributed by atoms with Gasteiger partial charge in [-0.2, -0.15) is 0 Å². The summed E-state index contributed by atoms with van der Waals surface area (Å²) >= 11 is 0. The van der Waals surface area contributed by atoms with Crippen molar-refractivity contribution < 1.29 is 14.7 Å². The first-order chi connectivity index (χ1) is 15.3. The molecule has 5 nitrogen and oxygen atoms in total. The van der Waals surface area contributed by atoms with Gasteiger partial charge in [0.2, 0.25) is 5.91 Å². The van der Waals surface area contributed by atoms with Gasteiger partial charge in [0, 0.05) is 30.3 Å². The van der Waals surface area contributed by atoms with Gasteiger partial charge in [0.05, 0.1) is 5.69 Å². The number of carboxylic acids is 1. The molecule has 5 heteroatoms. The van der Waals surface area contributed by atoms with Gasteiger partial charge in [-0.15, -0.1) is 0 Å². The molecule has 164 valence electrons. The lowest BCUT2D eigenvalue weighted by Crippen LogP contribution is -2.11. The molecule has 0 atom stereocenters. The third kappa shape index (κ3) is 6.14. The molecule has 32 heavy (non-hydrogen) atoms. The number of aliphatic imine (C=N–C) groups is 1. The molecule has 0 bridgehead atoms. The molecule has 0 aromatic heterocycles. The molecular weight excluding hydrogens is 400 g/mol. The summed E-state index contributed by atoms with van der Waals surface area (Å²) in [6.07, 6.45) is 1.33. The molecule has 1 amide bonds. The van der Waals surface area contributed by atoms with Crippen LogP contribution in [-0.2, 0) is 16.0 Å². The number of benzene rings is 3. The smallest absolute Gasteiger partial charge is 0.303 e. The monoisotopic (exact) mass is 428 g/mol. The predicted molar refractivity (Wildman–Crippen MR) is 130 cm³/mol. The second kappa shape index (κ2) is 10.5. The highest BCUT2D eigenvalue weighted by Crippen LogP contribution is 2.29. The van der Waals surface area contributed by atoms with Crippen LogP contribution >= 0.6 is 0 Å². The van der Waals surface area contributed by atoms with Crippen LogP contribution < -0.4 is 5.32 Å². The maximum absolute atomic E-state index is 11.7. The van der Waals surface area contributed by atoms with Crippen molar-refractivity contribution in [2.75, 3.05) is 5.32 Å². The highest BCUT2D eigenvalue weighted by Gasteiger charge is 2.11. The molecule has 2 N–H and O–H groups in total. The van der Waals surface area contributed by atoms with Gasteiger partial charge in [-0.05, 0) is 67.1 Å². The van der Waals surface area contributed by atoms with Crippen LogP contribution in [0, 0.1) is 6.92 Å². The van der Waals surface area contributed by atoms with Crippen molar-refractivity contribution in [3.8, 4) is 11.1 Å². The van der Waals surface area contributed by atoms with E-state index in [4.69, 9.17) is 10.1 Å². The summed E-state index contributed by atoms with van der Waals surface area (Å²) in [5.74, 6) is -0.952. The normalized spacial score (nSPS) is 11.3. The first-order valence-corrected chi connectivity index (χ1v) is 10.7. The number of aryl methyl sites for hydroxylation is 2. The molecule has 0 saturated carbocycles. The lowest BCUT2D eigenvalue weighted by molar-refractivity contribution is -0.137. The Hall–Kier alpha value is -3.73. The molecule has 3 aromatic rings. The molecule has 0 spiro atoms. The molecule has 0 aliphatic heterocycles. The first-order valence-electron chi connectivity index (χ1n) is 10.7. The van der Waals surface area contributed by atoms with Crippen LogP contribution in [0.3, 0.4) is 0 Å². The fourth-order valence-electron chi connectivity index (χ4n) is 3.57. The summed E-state index contributed by atoms with van der Waals surface area (Å²) in [5.41, 5.74) is 7.46. The Morgan fingerprint density at radius 1 is 0.938 bits per heavy atom. The van der Waals surface area contributed by atoms with Gasteiger partial charge in [-0.3, -0.25) is 14.6 Å². The zero-order valence-electron chi connectivity index (χ0n) is 18.7. The molecule has 3 rings (SSSR count). The molecule has 0 saturated heterocycles. The molecular formula is C27H28N2O3. The van der Waals surface area contributed by atoms with Crippen LogP contribution in [-0.4, -0.2) is 22.7 Å². The summed E-state index contributed by atoms with van der Waals surface area (Å²) in [5, 5.41) is 11.8. The van der Waals surface area contributed by atoms with E-state index in [0.29, 0.717) is 18.5 Å². The minimum absolute atomic E-state index is 0.126. The van der Waals surface area contributed by atoms with Crippen molar-refractivity contribution in [2.45, 2.75) is 40.0 Å². The van der Waals surface area contributed by atoms with Crippen molar-refractivity contribution in [3.05, 3.63) is 83.4 Å². The zero-order chi connectivity index (χ0) is 23.1. The van der Waals surface area contributed by atoms with Crippen LogP contribution in [0.15, 0.2) is 71.7 Å². The fraction of sp³-hybridized carbons (Fsp3) is 0.222. The number of carbonyl (C=O) groups is 2. The highest BCUT2D eigenvalue weighted by molar-refractivity contribution is 6.07. The van der Waals surface area contributed by atoms with Gasteiger partial charge in [-0.25, -0.2) is 0 Å². The lowest BCUT2D eigenvalue weighted by Gasteiger charge is -2.13. The van der Waals surface area contributed by atoms with E-state index in [2.05, 4.69) is 35.6 Å². The molecule has 0 unspecified atom stereocenters. The fourth-order valence-corrected chi connectivity index (χ4v) is 3.57. The first kappa shape index (κ1) is 22.9. The zero-order valence-corrected chi connectivity index (χ0v) is 18.7. The van der Waals surface area contributed by atoms with Crippen LogP contribution in [0.1, 0.15) is 43.4 Å². The van der Waals surface area contributed by atoms with Gasteiger partial charge in [0.1, 0.15) is 0 Å². The van der Waals surface area contributed by atoms with E-state index in [1.165, 1.54) is 6.92 Å². The summed E-state index contributed by atoms with van der Waals surface area (Å²) in [4.78, 5) is 27.5. The second-order valence-electron chi connectivity index (χ2n) is 7.87. The molecule has 0 aliphatic carbocycles. The summed E-state index contributed by atoms with van der Waals surface area (Å²) in [7, 11) is 0. The number of nitrogens with zero attached hydrogens (tertiary/aromatic N) is 1. The van der Waals surface area contributed by atoms with E-state index in [1.807, 2.05) is 50.2 Å². The van der Waals surface area contributed by atoms with Crippen LogP contribution in [0.25, 0.3) is 11.1 Å². The van der Waals surface area contributed by atoms with E-state index in [9.17, 15) is 9.59 Å². The lowest BCUT2D eigenvalue weighted by atomic mass is 10.00. The van der Waals surface area contributed by atoms with Crippen molar-refractivity contribution in [3.63, 3.8) is 0 Å². The van der Waals surface area contributed by atoms with E-state index in [0.717, 1.165) is 39.2 Å². The quantitative estimate of drug-likeness (QED) is 0.421. The topological polar surface area (TPSA) is 78.8 Å². The van der Waals surface area contributed by atoms with Crippen LogP contribution in [0.5, 0.6) is 0 Å². The summed E-state index contributed by atoms with van der Waals surface area (Å²) < 4.78 is 0. The number of nitrogens with one attached hydrogen (secondary N) is 1. The SMILES string of the molecule is CC(=O)Nc1ccc(CCCC(=O)O)cc1C(C)=Nc1cc(-c2ccccc2)ccc1C. The number of carbonyl (C=O) groups excluding carboxylic acids is 1. The average Bonchev–Trinajstić information content (AvgIpc) is 2.76. The Morgan fingerprint density at radius 2 is 1.69 bits per heavy atom. The number of rotatable bonds is 8. The Bertz CT molecular complexity index is 1150. The maximum Gasteiger partial charge on any atom is 0.303 e. The van der Waals surface area contributed by atoms with Crippen molar-refractivity contribution in [2.24, 2.45) is 4.99 Å². The molecule has 0 heterocycles. The third-order valence-electron chi connectivity index (χ3n) is 5.24. The Kier molecular flexibility index (Phi) is 7.55. The molecule has 0 fully saturated rings. The van der Waals surface area contributed by atoms with E-state index in [-0.39, 0.29) is 12.3 Å². The van der Waals surface area contributed by atoms with Gasteiger partial charge in [0.15, 0.2) is 0 Å². The van der Waals surface area contributed by atoms with Crippen molar-refractivity contribution >= 4 is 29.0 Å². The number of amides is 1. The minimum atomic E-state index is -0.799. The number of hydrogen-bond donors (Lipinski definition) is 2. The van der Waals surface area contributed by atoms with Crippen LogP contribution in [0.4, 0.5) is 11.4 Å². The van der Waals surface area contributed by atoms with Gasteiger partial charge in [0.25, 0.3) is 0 Å². The van der Waals surface area contributed by atoms with Gasteiger partial charge < -0.3 is 10.4 Å². The largest absolute Gasteiger partial charge is 0.481 e. The van der Waals surface area contributed by atoms with Crippen molar-refractivity contribution in [1.82, 2.24) is 0 Å². The Labute approximate surface area is 188 Å². The minimum Gasteiger partial charge on any atom is -0.481 e. The maximum atomic E-state index is 11.7. The standard InChI is InChI=1S/C27H28N2O3/c1-18-12-14-23(22-9-5-4-6-10-22)17-26(18)28-19(2)24-16-21(8-7-11-27(31)32)13-15-25(24)29-20(3)30/h4-6,9-10,12-17H,7-8,11H2,1-3H3,(H,29,30)(H,31,32). The van der Waals surface area contributed by atoms with E-state index >= 15 is 0 Å². The Morgan fingerprint density at radius 3 is 2.38 bits per heavy atom. The highest BCUT2D eigenvalue weighted by atomic mass is 16.4. The van der Waals surface area contributed by atoms with E-state index < -0.39 is 5.97 Å². The van der Waals surface area contributed by atoms with Gasteiger partial charge in [-0.1, -0.05) is 48.5 Å². The van der Waals surface area contributed by atoms with E-state index in [1.54, 1.807) is 0 Å².